The van der Waals surface area contributed by atoms with E-state index in [2.05, 4.69) is 10.4 Å². The number of hydrogen-bond acceptors (Lipinski definition) is 4. The Labute approximate surface area is 136 Å². The third-order valence-electron chi connectivity index (χ3n) is 2.98. The summed E-state index contributed by atoms with van der Waals surface area (Å²) in [5, 5.41) is 6.43. The van der Waals surface area contributed by atoms with Crippen LogP contribution in [0.25, 0.3) is 5.69 Å². The lowest BCUT2D eigenvalue weighted by Gasteiger charge is -2.07. The fourth-order valence-corrected chi connectivity index (χ4v) is 2.46. The molecule has 0 unspecified atom stereocenters. The van der Waals surface area contributed by atoms with Crippen molar-refractivity contribution in [3.05, 3.63) is 47.8 Å². The minimum atomic E-state index is -4.41. The molecule has 0 aliphatic heterocycles. The van der Waals surface area contributed by atoms with E-state index in [9.17, 15) is 26.4 Å². The lowest BCUT2D eigenvalue weighted by Crippen LogP contribution is -2.29. The summed E-state index contributed by atoms with van der Waals surface area (Å²) < 4.78 is 60.9. The number of aromatic nitrogens is 2. The molecule has 1 N–H and O–H groups in total. The molecule has 130 valence electrons. The SMILES string of the molecule is CS(=O)(=O)CC(=O)NCc1cnn(-c2ccc(C(F)(F)F)cc2)c1. The van der Waals surface area contributed by atoms with Gasteiger partial charge in [-0.2, -0.15) is 18.3 Å². The smallest absolute Gasteiger partial charge is 0.351 e. The Morgan fingerprint density at radius 1 is 1.25 bits per heavy atom. The highest BCUT2D eigenvalue weighted by molar-refractivity contribution is 7.91. The Bertz CT molecular complexity index is 827. The van der Waals surface area contributed by atoms with Gasteiger partial charge >= 0.3 is 6.18 Å². The zero-order chi connectivity index (χ0) is 18.0. The minimum Gasteiger partial charge on any atom is -0.351 e. The van der Waals surface area contributed by atoms with Crippen LogP contribution in [0, 0.1) is 0 Å². The Balaban J connectivity index is 2.02. The van der Waals surface area contributed by atoms with Crippen LogP contribution < -0.4 is 5.32 Å². The fourth-order valence-electron chi connectivity index (χ4n) is 1.89. The summed E-state index contributed by atoms with van der Waals surface area (Å²) in [5.41, 5.74) is 0.250. The van der Waals surface area contributed by atoms with E-state index in [0.717, 1.165) is 18.4 Å². The molecule has 0 radical (unpaired) electrons. The van der Waals surface area contributed by atoms with Gasteiger partial charge in [0.25, 0.3) is 0 Å². The highest BCUT2D eigenvalue weighted by Crippen LogP contribution is 2.29. The molecule has 0 saturated carbocycles. The molecule has 24 heavy (non-hydrogen) atoms. The van der Waals surface area contributed by atoms with Crippen LogP contribution in [-0.2, 0) is 27.4 Å². The maximum Gasteiger partial charge on any atom is 0.416 e. The Kier molecular flexibility index (Phi) is 4.97. The van der Waals surface area contributed by atoms with Crippen LogP contribution in [-0.4, -0.2) is 36.1 Å². The number of benzene rings is 1. The second-order valence-corrected chi connectivity index (χ2v) is 7.32. The quantitative estimate of drug-likeness (QED) is 0.876. The van der Waals surface area contributed by atoms with Crippen LogP contribution >= 0.6 is 0 Å². The molecule has 10 heteroatoms. The maximum absolute atomic E-state index is 12.5. The van der Waals surface area contributed by atoms with Gasteiger partial charge in [-0.05, 0) is 24.3 Å². The molecule has 0 fully saturated rings. The molecule has 2 aromatic rings. The van der Waals surface area contributed by atoms with Crippen molar-refractivity contribution in [2.45, 2.75) is 12.7 Å². The summed E-state index contributed by atoms with van der Waals surface area (Å²) in [6.07, 6.45) is -0.491. The molecule has 2 rings (SSSR count). The van der Waals surface area contributed by atoms with Crippen LogP contribution in [0.4, 0.5) is 13.2 Å². The van der Waals surface area contributed by atoms with Crippen LogP contribution in [0.2, 0.25) is 0 Å². The van der Waals surface area contributed by atoms with Crippen LogP contribution in [0.5, 0.6) is 0 Å². The molecule has 1 amide bonds. The number of nitrogens with zero attached hydrogens (tertiary/aromatic N) is 2. The van der Waals surface area contributed by atoms with Gasteiger partial charge in [0, 0.05) is 24.6 Å². The van der Waals surface area contributed by atoms with Crippen molar-refractivity contribution in [3.8, 4) is 5.69 Å². The molecule has 1 heterocycles. The first-order valence-corrected chi connectivity index (χ1v) is 8.76. The van der Waals surface area contributed by atoms with E-state index in [4.69, 9.17) is 0 Å². The first-order chi connectivity index (χ1) is 11.0. The van der Waals surface area contributed by atoms with E-state index >= 15 is 0 Å². The normalized spacial score (nSPS) is 12.2. The summed E-state index contributed by atoms with van der Waals surface area (Å²) in [5.74, 6) is -1.25. The summed E-state index contributed by atoms with van der Waals surface area (Å²) in [6, 6.07) is 4.46. The van der Waals surface area contributed by atoms with E-state index in [1.54, 1.807) is 0 Å². The predicted molar refractivity (Wildman–Crippen MR) is 80.1 cm³/mol. The molecule has 0 atom stereocenters. The number of carbonyl (C=O) groups is 1. The topological polar surface area (TPSA) is 81.1 Å². The molecule has 0 bridgehead atoms. The van der Waals surface area contributed by atoms with Gasteiger partial charge in [-0.15, -0.1) is 0 Å². The van der Waals surface area contributed by atoms with Crippen molar-refractivity contribution >= 4 is 15.7 Å². The second-order valence-electron chi connectivity index (χ2n) is 5.18. The van der Waals surface area contributed by atoms with E-state index in [1.165, 1.54) is 29.2 Å². The summed E-state index contributed by atoms with van der Waals surface area (Å²) in [6.45, 7) is 0.0645. The van der Waals surface area contributed by atoms with Crippen molar-refractivity contribution in [3.63, 3.8) is 0 Å². The number of amides is 1. The van der Waals surface area contributed by atoms with Crippen molar-refractivity contribution in [1.82, 2.24) is 15.1 Å². The molecule has 0 aliphatic carbocycles. The lowest BCUT2D eigenvalue weighted by molar-refractivity contribution is -0.137. The molecule has 6 nitrogen and oxygen atoms in total. The van der Waals surface area contributed by atoms with Crippen LogP contribution in [0.15, 0.2) is 36.7 Å². The summed E-state index contributed by atoms with van der Waals surface area (Å²) in [4.78, 5) is 11.4. The highest BCUT2D eigenvalue weighted by atomic mass is 32.2. The average Bonchev–Trinajstić information content (AvgIpc) is 2.91. The average molecular weight is 361 g/mol. The van der Waals surface area contributed by atoms with Gasteiger partial charge in [-0.1, -0.05) is 0 Å². The van der Waals surface area contributed by atoms with Crippen molar-refractivity contribution < 1.29 is 26.4 Å². The molecular formula is C14H14F3N3O3S. The zero-order valence-corrected chi connectivity index (χ0v) is 13.4. The zero-order valence-electron chi connectivity index (χ0n) is 12.5. The largest absolute Gasteiger partial charge is 0.416 e. The molecule has 0 aliphatic rings. The van der Waals surface area contributed by atoms with Crippen molar-refractivity contribution in [2.24, 2.45) is 0 Å². The van der Waals surface area contributed by atoms with Crippen LogP contribution in [0.3, 0.4) is 0 Å². The van der Waals surface area contributed by atoms with Crippen molar-refractivity contribution in [1.29, 1.82) is 0 Å². The lowest BCUT2D eigenvalue weighted by atomic mass is 10.2. The number of sulfone groups is 1. The number of alkyl halides is 3. The highest BCUT2D eigenvalue weighted by Gasteiger charge is 2.30. The number of rotatable bonds is 5. The van der Waals surface area contributed by atoms with Gasteiger partial charge in [-0.25, -0.2) is 13.1 Å². The summed E-state index contributed by atoms with van der Waals surface area (Å²) in [7, 11) is -3.41. The van der Waals surface area contributed by atoms with E-state index in [1.807, 2.05) is 0 Å². The second kappa shape index (κ2) is 6.63. The number of hydrogen-bond donors (Lipinski definition) is 1. The molecule has 0 saturated heterocycles. The minimum absolute atomic E-state index is 0.0645. The monoisotopic (exact) mass is 361 g/mol. The van der Waals surface area contributed by atoms with Gasteiger partial charge in [-0.3, -0.25) is 4.79 Å². The molecule has 1 aromatic carbocycles. The van der Waals surface area contributed by atoms with Gasteiger partial charge in [0.05, 0.1) is 17.4 Å². The van der Waals surface area contributed by atoms with Crippen LogP contribution in [0.1, 0.15) is 11.1 Å². The number of nitrogens with one attached hydrogen (secondary N) is 1. The summed E-state index contributed by atoms with van der Waals surface area (Å²) >= 11 is 0. The van der Waals surface area contributed by atoms with E-state index in [-0.39, 0.29) is 6.54 Å². The van der Waals surface area contributed by atoms with Gasteiger partial charge in [0.1, 0.15) is 5.75 Å². The van der Waals surface area contributed by atoms with E-state index in [0.29, 0.717) is 11.3 Å². The molecule has 0 spiro atoms. The van der Waals surface area contributed by atoms with Gasteiger partial charge < -0.3 is 5.32 Å². The predicted octanol–water partition coefficient (Wildman–Crippen LogP) is 1.55. The Morgan fingerprint density at radius 2 is 1.88 bits per heavy atom. The first-order valence-electron chi connectivity index (χ1n) is 6.70. The molecule has 1 aromatic heterocycles. The Hall–Kier alpha value is -2.36. The first kappa shape index (κ1) is 18.0. The molecular weight excluding hydrogens is 347 g/mol. The number of carbonyl (C=O) groups excluding carboxylic acids is 1. The fraction of sp³-hybridized carbons (Fsp3) is 0.286. The third kappa shape index (κ3) is 5.08. The van der Waals surface area contributed by atoms with Gasteiger partial charge in [0.15, 0.2) is 9.84 Å². The number of halogens is 3. The third-order valence-corrected chi connectivity index (χ3v) is 3.76. The van der Waals surface area contributed by atoms with E-state index < -0.39 is 33.2 Å². The maximum atomic E-state index is 12.5. The Morgan fingerprint density at radius 3 is 2.42 bits per heavy atom. The standard InChI is InChI=1S/C14H14F3N3O3S/c1-24(22,23)9-13(21)18-6-10-7-19-20(8-10)12-4-2-11(3-5-12)14(15,16)17/h2-5,7-8H,6,9H2,1H3,(H,18,21). The van der Waals surface area contributed by atoms with Gasteiger partial charge in [0.2, 0.25) is 5.91 Å². The van der Waals surface area contributed by atoms with Crippen molar-refractivity contribution in [2.75, 3.05) is 12.0 Å².